The minimum atomic E-state index is -0.369. The Bertz CT molecular complexity index is 1560. The van der Waals surface area contributed by atoms with Crippen LogP contribution in [0.5, 0.6) is 0 Å². The predicted molar refractivity (Wildman–Crippen MR) is 138 cm³/mol. The number of ether oxygens (including phenoxy) is 1. The van der Waals surface area contributed by atoms with Gasteiger partial charge in [0, 0.05) is 30.1 Å². The summed E-state index contributed by atoms with van der Waals surface area (Å²) in [5.41, 5.74) is 6.09. The molecular formula is C27H24N4O3S. The lowest BCUT2D eigenvalue weighted by molar-refractivity contribution is 0.0602. The molecule has 0 unspecified atom stereocenters. The smallest absolute Gasteiger partial charge is 0.344 e. The van der Waals surface area contributed by atoms with Gasteiger partial charge in [-0.15, -0.1) is 0 Å². The van der Waals surface area contributed by atoms with Crippen molar-refractivity contribution in [3.05, 3.63) is 93.3 Å². The van der Waals surface area contributed by atoms with Crippen LogP contribution in [-0.4, -0.2) is 32.0 Å². The minimum Gasteiger partial charge on any atom is -0.465 e. The first-order valence-corrected chi connectivity index (χ1v) is 12.2. The van der Waals surface area contributed by atoms with Gasteiger partial charge in [-0.1, -0.05) is 61.5 Å². The first-order valence-electron chi connectivity index (χ1n) is 11.4. The Morgan fingerprint density at radius 2 is 1.77 bits per heavy atom. The van der Waals surface area contributed by atoms with Crippen molar-refractivity contribution in [1.29, 1.82) is 0 Å². The summed E-state index contributed by atoms with van der Waals surface area (Å²) in [5.74, 6) is 1.15. The first kappa shape index (κ1) is 22.7. The van der Waals surface area contributed by atoms with E-state index in [0.717, 1.165) is 63.5 Å². The summed E-state index contributed by atoms with van der Waals surface area (Å²) in [4.78, 5) is 32.7. The maximum absolute atomic E-state index is 12.5. The number of methoxy groups -OCH3 is 1. The Morgan fingerprint density at radius 3 is 2.46 bits per heavy atom. The van der Waals surface area contributed by atoms with E-state index in [-0.39, 0.29) is 10.8 Å². The van der Waals surface area contributed by atoms with E-state index in [9.17, 15) is 9.59 Å². The van der Waals surface area contributed by atoms with Crippen molar-refractivity contribution in [2.75, 3.05) is 7.11 Å². The molecule has 5 aromatic rings. The Morgan fingerprint density at radius 1 is 1.00 bits per heavy atom. The molecule has 0 atom stereocenters. The molecule has 0 saturated heterocycles. The number of aromatic nitrogens is 4. The number of benzene rings is 3. The number of carbonyl (C=O) groups excluding carboxylic acids is 1. The molecule has 2 heterocycles. The van der Waals surface area contributed by atoms with E-state index >= 15 is 0 Å². The molecule has 1 N–H and O–H groups in total. The van der Waals surface area contributed by atoms with E-state index in [1.54, 1.807) is 6.07 Å². The fourth-order valence-electron chi connectivity index (χ4n) is 4.35. The molecule has 0 aliphatic heterocycles. The summed E-state index contributed by atoms with van der Waals surface area (Å²) in [5, 5.41) is 0. The number of hydrogen-bond acceptors (Lipinski definition) is 6. The fraction of sp³-hybridized carbons (Fsp3) is 0.185. The molecule has 0 fully saturated rings. The lowest BCUT2D eigenvalue weighted by Gasteiger charge is -2.12. The molecule has 0 saturated carbocycles. The highest BCUT2D eigenvalue weighted by atomic mass is 32.1. The molecular weight excluding hydrogens is 460 g/mol. The molecule has 0 radical (unpaired) electrons. The maximum atomic E-state index is 12.5. The van der Waals surface area contributed by atoms with E-state index in [1.807, 2.05) is 36.4 Å². The number of nitrogens with one attached hydrogen (secondary N) is 1. The van der Waals surface area contributed by atoms with E-state index < -0.39 is 0 Å². The number of carbonyl (C=O) groups is 1. The van der Waals surface area contributed by atoms with E-state index in [0.29, 0.717) is 17.9 Å². The second kappa shape index (κ2) is 9.68. The topological polar surface area (TPSA) is 89.9 Å². The molecule has 3 aromatic carbocycles. The highest BCUT2D eigenvalue weighted by Gasteiger charge is 2.19. The lowest BCUT2D eigenvalue weighted by Crippen LogP contribution is -2.09. The van der Waals surface area contributed by atoms with Crippen LogP contribution in [0.2, 0.25) is 0 Å². The number of fused-ring (bicyclic) bond motifs is 1. The van der Waals surface area contributed by atoms with Gasteiger partial charge in [0.05, 0.1) is 23.7 Å². The molecule has 0 aliphatic carbocycles. The number of aryl methyl sites for hydroxylation is 1. The quantitative estimate of drug-likeness (QED) is 0.317. The number of nitrogens with zero attached hydrogens (tertiary/aromatic N) is 3. The zero-order valence-electron chi connectivity index (χ0n) is 19.4. The molecule has 0 spiro atoms. The summed E-state index contributed by atoms with van der Waals surface area (Å²) >= 11 is 0.985. The lowest BCUT2D eigenvalue weighted by atomic mass is 9.98. The van der Waals surface area contributed by atoms with Gasteiger partial charge in [-0.2, -0.15) is 4.98 Å². The van der Waals surface area contributed by atoms with Crippen LogP contribution < -0.4 is 4.87 Å². The van der Waals surface area contributed by atoms with Crippen LogP contribution in [0.4, 0.5) is 0 Å². The highest BCUT2D eigenvalue weighted by molar-refractivity contribution is 7.03. The van der Waals surface area contributed by atoms with E-state index in [2.05, 4.69) is 45.1 Å². The SMILES string of the molecule is CCCc1nc2cccc(C(=O)OC)c2n1Cc1ccc(-c2ccccc2-c2nc(=O)s[nH]2)cc1. The normalized spacial score (nSPS) is 11.1. The van der Waals surface area contributed by atoms with Gasteiger partial charge in [0.1, 0.15) is 5.82 Å². The van der Waals surface area contributed by atoms with Crippen molar-refractivity contribution in [2.24, 2.45) is 0 Å². The van der Waals surface area contributed by atoms with Crippen molar-refractivity contribution in [3.8, 4) is 22.5 Å². The Hall–Kier alpha value is -4.04. The number of esters is 1. The summed E-state index contributed by atoms with van der Waals surface area (Å²) < 4.78 is 10.1. The van der Waals surface area contributed by atoms with Gasteiger partial charge in [0.15, 0.2) is 5.82 Å². The van der Waals surface area contributed by atoms with E-state index in [4.69, 9.17) is 9.72 Å². The van der Waals surface area contributed by atoms with Gasteiger partial charge in [-0.25, -0.2) is 9.78 Å². The Labute approximate surface area is 206 Å². The van der Waals surface area contributed by atoms with Crippen molar-refractivity contribution in [1.82, 2.24) is 18.9 Å². The molecule has 176 valence electrons. The van der Waals surface area contributed by atoms with Gasteiger partial charge in [-0.05, 0) is 35.2 Å². The zero-order valence-corrected chi connectivity index (χ0v) is 20.3. The molecule has 7 nitrogen and oxygen atoms in total. The molecule has 8 heteroatoms. The number of para-hydroxylation sites is 1. The van der Waals surface area contributed by atoms with Gasteiger partial charge < -0.3 is 9.30 Å². The standard InChI is InChI=1S/C27H24N4O3S/c1-3-7-23-28-22-11-6-10-21(26(32)34-2)24(22)31(23)16-17-12-14-18(15-13-17)19-8-4-5-9-20(19)25-29-27(33)35-30-25/h4-6,8-15H,3,7,16H2,1-2H3,(H,29,30,33). The minimum absolute atomic E-state index is 0.244. The molecule has 35 heavy (non-hydrogen) atoms. The second-order valence-corrected chi connectivity index (χ2v) is 8.96. The largest absolute Gasteiger partial charge is 0.465 e. The van der Waals surface area contributed by atoms with Gasteiger partial charge in [0.25, 0.3) is 0 Å². The maximum Gasteiger partial charge on any atom is 0.344 e. The molecule has 0 amide bonds. The average molecular weight is 485 g/mol. The van der Waals surface area contributed by atoms with Crippen LogP contribution in [0.3, 0.4) is 0 Å². The zero-order chi connectivity index (χ0) is 24.4. The van der Waals surface area contributed by atoms with Crippen LogP contribution in [-0.2, 0) is 17.7 Å². The van der Waals surface area contributed by atoms with E-state index in [1.165, 1.54) is 7.11 Å². The number of aromatic amines is 1. The average Bonchev–Trinajstić information content (AvgIpc) is 3.47. The Balaban J connectivity index is 1.53. The van der Waals surface area contributed by atoms with Crippen LogP contribution in [0.25, 0.3) is 33.5 Å². The molecule has 5 rings (SSSR count). The highest BCUT2D eigenvalue weighted by Crippen LogP contribution is 2.31. The third kappa shape index (κ3) is 4.40. The number of rotatable bonds is 7. The van der Waals surface area contributed by atoms with Crippen LogP contribution >= 0.6 is 11.5 Å². The first-order chi connectivity index (χ1) is 17.1. The summed E-state index contributed by atoms with van der Waals surface area (Å²) in [6.07, 6.45) is 1.76. The van der Waals surface area contributed by atoms with Crippen molar-refractivity contribution < 1.29 is 9.53 Å². The predicted octanol–water partition coefficient (Wildman–Crippen LogP) is 5.30. The number of hydrogen-bond donors (Lipinski definition) is 1. The fourth-order valence-corrected chi connectivity index (χ4v) is 4.83. The van der Waals surface area contributed by atoms with Crippen LogP contribution in [0, 0.1) is 0 Å². The van der Waals surface area contributed by atoms with Crippen molar-refractivity contribution in [3.63, 3.8) is 0 Å². The van der Waals surface area contributed by atoms with Crippen LogP contribution in [0.1, 0.15) is 35.1 Å². The molecule has 2 aromatic heterocycles. The van der Waals surface area contributed by atoms with Crippen molar-refractivity contribution >= 4 is 28.5 Å². The summed E-state index contributed by atoms with van der Waals surface area (Å²) in [6, 6.07) is 21.7. The summed E-state index contributed by atoms with van der Waals surface area (Å²) in [6.45, 7) is 2.70. The van der Waals surface area contributed by atoms with Gasteiger partial charge in [-0.3, -0.25) is 9.17 Å². The molecule has 0 aliphatic rings. The summed E-state index contributed by atoms with van der Waals surface area (Å²) in [7, 11) is 1.40. The monoisotopic (exact) mass is 484 g/mol. The number of H-pyrrole nitrogens is 1. The Kier molecular flexibility index (Phi) is 6.29. The van der Waals surface area contributed by atoms with Crippen molar-refractivity contribution in [2.45, 2.75) is 26.3 Å². The van der Waals surface area contributed by atoms with Crippen LogP contribution in [0.15, 0.2) is 71.5 Å². The third-order valence-corrected chi connectivity index (χ3v) is 6.51. The molecule has 0 bridgehead atoms. The number of imidazole rings is 1. The second-order valence-electron chi connectivity index (χ2n) is 8.20. The third-order valence-electron chi connectivity index (χ3n) is 5.95. The van der Waals surface area contributed by atoms with Gasteiger partial charge >= 0.3 is 10.8 Å². The van der Waals surface area contributed by atoms with Gasteiger partial charge in [0.2, 0.25) is 0 Å².